The van der Waals surface area contributed by atoms with Crippen LogP contribution >= 0.6 is 0 Å². The highest BCUT2D eigenvalue weighted by Gasteiger charge is 2.30. The monoisotopic (exact) mass is 393 g/mol. The first kappa shape index (κ1) is 19.4. The fraction of sp³-hybridized carbons (Fsp3) is 0.474. The number of sulfone groups is 1. The number of benzene rings is 1. The minimum Gasteiger partial charge on any atom is -0.491 e. The van der Waals surface area contributed by atoms with Gasteiger partial charge in [0, 0.05) is 30.8 Å². The van der Waals surface area contributed by atoms with Crippen molar-refractivity contribution in [2.75, 3.05) is 25.1 Å². The summed E-state index contributed by atoms with van der Waals surface area (Å²) in [6.45, 7) is 4.55. The second-order valence-electron chi connectivity index (χ2n) is 7.31. The molecule has 1 aromatic heterocycles. The van der Waals surface area contributed by atoms with E-state index in [-0.39, 0.29) is 23.3 Å². The van der Waals surface area contributed by atoms with Gasteiger partial charge in [0.25, 0.3) is 5.91 Å². The van der Waals surface area contributed by atoms with Gasteiger partial charge in [0.05, 0.1) is 11.9 Å². The van der Waals surface area contributed by atoms with Crippen molar-refractivity contribution in [1.82, 2.24) is 4.90 Å². The maximum atomic E-state index is 12.7. The van der Waals surface area contributed by atoms with E-state index in [0.29, 0.717) is 36.2 Å². The van der Waals surface area contributed by atoms with Crippen molar-refractivity contribution in [2.24, 2.45) is 5.92 Å². The summed E-state index contributed by atoms with van der Waals surface area (Å²) >= 11 is 0. The first-order valence-corrected chi connectivity index (χ1v) is 10.9. The number of carbonyl (C=O) groups excluding carboxylic acids is 1. The van der Waals surface area contributed by atoms with Gasteiger partial charge < -0.3 is 14.1 Å². The van der Waals surface area contributed by atoms with Crippen LogP contribution in [0, 0.1) is 5.92 Å². The van der Waals surface area contributed by atoms with Gasteiger partial charge in [0.15, 0.2) is 0 Å². The maximum absolute atomic E-state index is 12.7. The predicted molar refractivity (Wildman–Crippen MR) is 102 cm³/mol. The number of fused-ring (bicyclic) bond motifs is 1. The van der Waals surface area contributed by atoms with Crippen molar-refractivity contribution in [1.29, 1.82) is 0 Å². The molecule has 1 fully saturated rings. The van der Waals surface area contributed by atoms with Crippen LogP contribution in [0.5, 0.6) is 5.75 Å². The minimum absolute atomic E-state index is 0.00919. The molecule has 1 amide bonds. The molecule has 1 aliphatic heterocycles. The molecule has 0 N–H and O–H groups in total. The third-order valence-corrected chi connectivity index (χ3v) is 5.50. The summed E-state index contributed by atoms with van der Waals surface area (Å²) in [5.41, 5.74) is -0.396. The van der Waals surface area contributed by atoms with Gasteiger partial charge in [-0.25, -0.2) is 13.2 Å². The lowest BCUT2D eigenvalue weighted by Gasteiger charge is -2.16. The zero-order valence-corrected chi connectivity index (χ0v) is 16.4. The largest absolute Gasteiger partial charge is 0.491 e. The average Bonchev–Trinajstić information content (AvgIpc) is 2.99. The highest BCUT2D eigenvalue weighted by molar-refractivity contribution is 7.90. The molecule has 0 spiro atoms. The van der Waals surface area contributed by atoms with E-state index >= 15 is 0 Å². The van der Waals surface area contributed by atoms with Crippen molar-refractivity contribution in [3.63, 3.8) is 0 Å². The number of carbonyl (C=O) groups is 1. The molecule has 1 saturated heterocycles. The standard InChI is InChI=1S/C19H23NO6S/c1-12(2)25-15-5-4-14-8-16(19(22)26-17(14)9-15)18(21)20-7-6-13(10-20)11-27(3,23)24/h4-5,8-9,12-13H,6-7,10-11H2,1-3H3. The maximum Gasteiger partial charge on any atom is 0.349 e. The topological polar surface area (TPSA) is 93.9 Å². The Morgan fingerprint density at radius 3 is 2.74 bits per heavy atom. The molecule has 146 valence electrons. The molecule has 2 aromatic rings. The smallest absolute Gasteiger partial charge is 0.349 e. The summed E-state index contributed by atoms with van der Waals surface area (Å²) in [5, 5.41) is 0.626. The first-order chi connectivity index (χ1) is 12.6. The molecule has 27 heavy (non-hydrogen) atoms. The fourth-order valence-electron chi connectivity index (χ4n) is 3.34. The molecule has 1 aliphatic rings. The van der Waals surface area contributed by atoms with Crippen LogP contribution < -0.4 is 10.4 Å². The molecular formula is C19H23NO6S. The Balaban J connectivity index is 1.83. The van der Waals surface area contributed by atoms with Crippen molar-refractivity contribution in [3.8, 4) is 5.75 Å². The van der Waals surface area contributed by atoms with Crippen LogP contribution in [-0.2, 0) is 9.84 Å². The molecule has 1 atom stereocenters. The Hall–Kier alpha value is -2.35. The zero-order chi connectivity index (χ0) is 19.8. The van der Waals surface area contributed by atoms with E-state index in [1.807, 2.05) is 13.8 Å². The molecule has 0 saturated carbocycles. The summed E-state index contributed by atoms with van der Waals surface area (Å²) in [7, 11) is -3.10. The van der Waals surface area contributed by atoms with Gasteiger partial charge in [-0.2, -0.15) is 0 Å². The summed E-state index contributed by atoms with van der Waals surface area (Å²) in [5.74, 6) is 0.0982. The molecule has 3 rings (SSSR count). The molecule has 2 heterocycles. The Labute approximate surface area is 157 Å². The molecule has 8 heteroatoms. The summed E-state index contributed by atoms with van der Waals surface area (Å²) in [4.78, 5) is 26.6. The van der Waals surface area contributed by atoms with Crippen molar-refractivity contribution in [2.45, 2.75) is 26.4 Å². The molecule has 7 nitrogen and oxygen atoms in total. The van der Waals surface area contributed by atoms with E-state index in [9.17, 15) is 18.0 Å². The van der Waals surface area contributed by atoms with Gasteiger partial charge in [0.2, 0.25) is 0 Å². The number of rotatable bonds is 5. The summed E-state index contributed by atoms with van der Waals surface area (Å²) < 4.78 is 33.8. The van der Waals surface area contributed by atoms with E-state index in [2.05, 4.69) is 0 Å². The van der Waals surface area contributed by atoms with E-state index < -0.39 is 21.4 Å². The second-order valence-corrected chi connectivity index (χ2v) is 9.50. The lowest BCUT2D eigenvalue weighted by Crippen LogP contribution is -2.32. The van der Waals surface area contributed by atoms with Gasteiger partial charge in [-0.1, -0.05) is 0 Å². The van der Waals surface area contributed by atoms with E-state index in [1.54, 1.807) is 18.2 Å². The number of hydrogen-bond donors (Lipinski definition) is 0. The Morgan fingerprint density at radius 2 is 2.07 bits per heavy atom. The number of amides is 1. The predicted octanol–water partition coefficient (Wildman–Crippen LogP) is 2.09. The fourth-order valence-corrected chi connectivity index (χ4v) is 4.47. The van der Waals surface area contributed by atoms with Gasteiger partial charge in [-0.05, 0) is 44.4 Å². The van der Waals surface area contributed by atoms with Crippen LogP contribution in [0.3, 0.4) is 0 Å². The van der Waals surface area contributed by atoms with Crippen LogP contribution in [0.1, 0.15) is 30.6 Å². The average molecular weight is 393 g/mol. The Kier molecular flexibility index (Phi) is 5.28. The van der Waals surface area contributed by atoms with Crippen molar-refractivity contribution in [3.05, 3.63) is 40.2 Å². The third kappa shape index (κ3) is 4.68. The van der Waals surface area contributed by atoms with Crippen LogP contribution in [0.2, 0.25) is 0 Å². The molecule has 0 radical (unpaired) electrons. The number of likely N-dealkylation sites (tertiary alicyclic amines) is 1. The number of nitrogens with zero attached hydrogens (tertiary/aromatic N) is 1. The molecule has 1 aromatic carbocycles. The third-order valence-electron chi connectivity index (χ3n) is 4.42. The first-order valence-electron chi connectivity index (χ1n) is 8.84. The highest BCUT2D eigenvalue weighted by Crippen LogP contribution is 2.23. The van der Waals surface area contributed by atoms with E-state index in [4.69, 9.17) is 9.15 Å². The summed E-state index contributed by atoms with van der Waals surface area (Å²) in [6.07, 6.45) is 1.78. The number of hydrogen-bond acceptors (Lipinski definition) is 6. The lowest BCUT2D eigenvalue weighted by molar-refractivity contribution is 0.0784. The van der Waals surface area contributed by atoms with Crippen LogP contribution in [0.4, 0.5) is 0 Å². The Bertz CT molecular complexity index is 1020. The van der Waals surface area contributed by atoms with E-state index in [1.165, 1.54) is 17.2 Å². The highest BCUT2D eigenvalue weighted by atomic mass is 32.2. The van der Waals surface area contributed by atoms with Gasteiger partial charge >= 0.3 is 5.63 Å². The molecule has 1 unspecified atom stereocenters. The lowest BCUT2D eigenvalue weighted by atomic mass is 10.1. The van der Waals surface area contributed by atoms with Crippen LogP contribution in [0.15, 0.2) is 33.5 Å². The SMILES string of the molecule is CC(C)Oc1ccc2cc(C(=O)N3CCC(CS(C)(=O)=O)C3)c(=O)oc2c1. The normalized spacial score (nSPS) is 17.6. The van der Waals surface area contributed by atoms with Crippen LogP contribution in [-0.4, -0.2) is 50.4 Å². The van der Waals surface area contributed by atoms with Gasteiger partial charge in [-0.15, -0.1) is 0 Å². The molecule has 0 aliphatic carbocycles. The molecule has 0 bridgehead atoms. The van der Waals surface area contributed by atoms with Gasteiger partial charge in [0.1, 0.15) is 26.7 Å². The number of ether oxygens (including phenoxy) is 1. The Morgan fingerprint density at radius 1 is 1.33 bits per heavy atom. The van der Waals surface area contributed by atoms with Crippen LogP contribution in [0.25, 0.3) is 11.0 Å². The van der Waals surface area contributed by atoms with Gasteiger partial charge in [-0.3, -0.25) is 4.79 Å². The zero-order valence-electron chi connectivity index (χ0n) is 15.6. The van der Waals surface area contributed by atoms with Crippen molar-refractivity contribution < 1.29 is 22.4 Å². The van der Waals surface area contributed by atoms with E-state index in [0.717, 1.165) is 0 Å². The van der Waals surface area contributed by atoms with Crippen molar-refractivity contribution >= 4 is 26.7 Å². The summed E-state index contributed by atoms with van der Waals surface area (Å²) in [6, 6.07) is 6.65. The minimum atomic E-state index is -3.10. The quantitative estimate of drug-likeness (QED) is 0.722. The second kappa shape index (κ2) is 7.34. The molecular weight excluding hydrogens is 370 g/mol.